The van der Waals surface area contributed by atoms with E-state index in [2.05, 4.69) is 31.0 Å². The summed E-state index contributed by atoms with van der Waals surface area (Å²) < 4.78 is 10.9. The second-order valence-corrected chi connectivity index (χ2v) is 8.18. The van der Waals surface area contributed by atoms with Crippen LogP contribution in [0.4, 0.5) is 0 Å². The fourth-order valence-corrected chi connectivity index (χ4v) is 4.05. The van der Waals surface area contributed by atoms with Gasteiger partial charge in [0, 0.05) is 23.1 Å². The van der Waals surface area contributed by atoms with Gasteiger partial charge in [0.05, 0.1) is 31.0 Å². The lowest BCUT2D eigenvalue weighted by molar-refractivity contribution is 0.0939. The molecule has 1 N–H and O–H groups in total. The number of nitrogens with one attached hydrogen (secondary N) is 1. The van der Waals surface area contributed by atoms with E-state index in [-0.39, 0.29) is 11.9 Å². The van der Waals surface area contributed by atoms with E-state index in [1.165, 1.54) is 0 Å². The fraction of sp³-hybridized carbons (Fsp3) is 0.407. The average molecular weight is 450 g/mol. The van der Waals surface area contributed by atoms with Crippen molar-refractivity contribution in [3.63, 3.8) is 0 Å². The predicted molar refractivity (Wildman–Crippen MR) is 134 cm³/mol. The minimum Gasteiger partial charge on any atom is -0.497 e. The maximum Gasteiger partial charge on any atom is 0.252 e. The molecule has 0 radical (unpaired) electrons. The van der Waals surface area contributed by atoms with E-state index in [0.29, 0.717) is 22.8 Å². The first-order valence-electron chi connectivity index (χ1n) is 11.7. The number of benzene rings is 2. The third kappa shape index (κ3) is 6.02. The number of hydrogen-bond donors (Lipinski definition) is 1. The number of fused-ring (bicyclic) bond motifs is 1. The van der Waals surface area contributed by atoms with Crippen LogP contribution in [0.2, 0.25) is 0 Å². The molecule has 3 rings (SSSR count). The molecule has 1 atom stereocenters. The van der Waals surface area contributed by atoms with Gasteiger partial charge in [-0.2, -0.15) is 0 Å². The normalized spacial score (nSPS) is 12.1. The molecule has 0 aliphatic carbocycles. The first-order chi connectivity index (χ1) is 16.0. The number of methoxy groups -OCH3 is 2. The highest BCUT2D eigenvalue weighted by molar-refractivity contribution is 6.07. The Morgan fingerprint density at radius 1 is 1.06 bits per heavy atom. The van der Waals surface area contributed by atoms with Gasteiger partial charge in [-0.1, -0.05) is 32.0 Å². The molecule has 0 bridgehead atoms. The molecule has 6 nitrogen and oxygen atoms in total. The lowest BCUT2D eigenvalue weighted by atomic mass is 10.0. The van der Waals surface area contributed by atoms with Crippen LogP contribution in [0.25, 0.3) is 22.2 Å². The van der Waals surface area contributed by atoms with E-state index in [4.69, 9.17) is 14.5 Å². The van der Waals surface area contributed by atoms with Crippen molar-refractivity contribution in [2.45, 2.75) is 39.7 Å². The Morgan fingerprint density at radius 3 is 2.52 bits per heavy atom. The van der Waals surface area contributed by atoms with Crippen molar-refractivity contribution in [3.05, 3.63) is 54.1 Å². The summed E-state index contributed by atoms with van der Waals surface area (Å²) in [6.45, 7) is 9.58. The lowest BCUT2D eigenvalue weighted by Gasteiger charge is -2.20. The molecule has 0 saturated heterocycles. The van der Waals surface area contributed by atoms with E-state index < -0.39 is 0 Å². The van der Waals surface area contributed by atoms with Crippen molar-refractivity contribution >= 4 is 16.8 Å². The smallest absolute Gasteiger partial charge is 0.252 e. The molecule has 0 aliphatic rings. The van der Waals surface area contributed by atoms with Gasteiger partial charge in [0.25, 0.3) is 5.91 Å². The largest absolute Gasteiger partial charge is 0.497 e. The van der Waals surface area contributed by atoms with Crippen molar-refractivity contribution in [2.24, 2.45) is 0 Å². The molecular weight excluding hydrogens is 414 g/mol. The molecule has 0 saturated carbocycles. The van der Waals surface area contributed by atoms with Crippen LogP contribution in [-0.4, -0.2) is 55.7 Å². The summed E-state index contributed by atoms with van der Waals surface area (Å²) in [5, 5.41) is 4.02. The first-order valence-corrected chi connectivity index (χ1v) is 11.7. The number of para-hydroxylation sites is 1. The van der Waals surface area contributed by atoms with Gasteiger partial charge in [-0.05, 0) is 63.7 Å². The van der Waals surface area contributed by atoms with Gasteiger partial charge in [-0.25, -0.2) is 4.98 Å². The highest BCUT2D eigenvalue weighted by atomic mass is 16.5. The molecule has 33 heavy (non-hydrogen) atoms. The minimum atomic E-state index is -0.0855. The zero-order chi connectivity index (χ0) is 23.8. The van der Waals surface area contributed by atoms with Crippen LogP contribution in [0.3, 0.4) is 0 Å². The summed E-state index contributed by atoms with van der Waals surface area (Å²) in [6, 6.07) is 15.3. The molecule has 1 aromatic heterocycles. The summed E-state index contributed by atoms with van der Waals surface area (Å²) in [7, 11) is 3.24. The zero-order valence-electron chi connectivity index (χ0n) is 20.4. The van der Waals surface area contributed by atoms with E-state index in [9.17, 15) is 4.79 Å². The first kappa shape index (κ1) is 24.5. The van der Waals surface area contributed by atoms with Gasteiger partial charge >= 0.3 is 0 Å². The second-order valence-electron chi connectivity index (χ2n) is 8.18. The van der Waals surface area contributed by atoms with E-state index >= 15 is 0 Å². The number of aromatic nitrogens is 1. The second kappa shape index (κ2) is 11.7. The Kier molecular flexibility index (Phi) is 8.66. The molecule has 0 aliphatic heterocycles. The number of carbonyl (C=O) groups is 1. The van der Waals surface area contributed by atoms with Crippen LogP contribution in [0.15, 0.2) is 48.5 Å². The third-order valence-corrected chi connectivity index (χ3v) is 6.03. The molecule has 3 aromatic rings. The average Bonchev–Trinajstić information content (AvgIpc) is 2.85. The molecule has 2 aromatic carbocycles. The summed E-state index contributed by atoms with van der Waals surface area (Å²) in [4.78, 5) is 20.5. The fourth-order valence-electron chi connectivity index (χ4n) is 4.05. The van der Waals surface area contributed by atoms with Crippen LogP contribution in [0.5, 0.6) is 11.5 Å². The summed E-state index contributed by atoms with van der Waals surface area (Å²) in [6.07, 6.45) is 1.99. The van der Waals surface area contributed by atoms with Crippen molar-refractivity contribution in [2.75, 3.05) is 33.9 Å². The molecule has 0 fully saturated rings. The summed E-state index contributed by atoms with van der Waals surface area (Å²) in [5.41, 5.74) is 2.88. The van der Waals surface area contributed by atoms with Crippen molar-refractivity contribution in [1.29, 1.82) is 0 Å². The highest BCUT2D eigenvalue weighted by Crippen LogP contribution is 2.34. The minimum absolute atomic E-state index is 0.0824. The van der Waals surface area contributed by atoms with Gasteiger partial charge in [-0.3, -0.25) is 4.79 Å². The van der Waals surface area contributed by atoms with Crippen molar-refractivity contribution in [1.82, 2.24) is 15.2 Å². The third-order valence-electron chi connectivity index (χ3n) is 6.03. The van der Waals surface area contributed by atoms with Gasteiger partial charge in [0.2, 0.25) is 0 Å². The molecule has 0 spiro atoms. The number of amides is 1. The van der Waals surface area contributed by atoms with Crippen molar-refractivity contribution < 1.29 is 14.3 Å². The van der Waals surface area contributed by atoms with Gasteiger partial charge in [0.1, 0.15) is 11.5 Å². The number of pyridine rings is 1. The number of ether oxygens (including phenoxy) is 2. The summed E-state index contributed by atoms with van der Waals surface area (Å²) in [5.74, 6) is 1.26. The Morgan fingerprint density at radius 2 is 1.82 bits per heavy atom. The van der Waals surface area contributed by atoms with Gasteiger partial charge in [-0.15, -0.1) is 0 Å². The molecule has 1 heterocycles. The SMILES string of the molecule is CCN(CC)CCCC(C)NC(=O)c1cc(-c2ccc(OC)cc2OC)nc2ccccc12. The number of carbonyl (C=O) groups excluding carboxylic acids is 1. The van der Waals surface area contributed by atoms with Gasteiger partial charge in [0.15, 0.2) is 0 Å². The standard InChI is InChI=1S/C27H35N3O3/c1-6-30(7-2)16-10-11-19(3)28-27(31)23-18-25(29-24-13-9-8-12-21(23)24)22-15-14-20(32-4)17-26(22)33-5/h8-9,12-15,17-19H,6-7,10-11,16H2,1-5H3,(H,28,31). The summed E-state index contributed by atoms with van der Waals surface area (Å²) >= 11 is 0. The van der Waals surface area contributed by atoms with Gasteiger partial charge < -0.3 is 19.7 Å². The molecule has 1 amide bonds. The quantitative estimate of drug-likeness (QED) is 0.438. The maximum absolute atomic E-state index is 13.3. The highest BCUT2D eigenvalue weighted by Gasteiger charge is 2.18. The van der Waals surface area contributed by atoms with Crippen LogP contribution in [0, 0.1) is 0 Å². The monoisotopic (exact) mass is 449 g/mol. The molecule has 6 heteroatoms. The number of rotatable bonds is 11. The maximum atomic E-state index is 13.3. The molecular formula is C27H35N3O3. The molecule has 1 unspecified atom stereocenters. The number of hydrogen-bond acceptors (Lipinski definition) is 5. The van der Waals surface area contributed by atoms with Crippen LogP contribution in [0.1, 0.15) is 44.0 Å². The Hall–Kier alpha value is -3.12. The number of nitrogens with zero attached hydrogens (tertiary/aromatic N) is 2. The topological polar surface area (TPSA) is 63.7 Å². The lowest BCUT2D eigenvalue weighted by Crippen LogP contribution is -2.33. The zero-order valence-corrected chi connectivity index (χ0v) is 20.4. The van der Waals surface area contributed by atoms with E-state index in [1.807, 2.05) is 48.5 Å². The van der Waals surface area contributed by atoms with E-state index in [0.717, 1.165) is 48.9 Å². The Balaban J connectivity index is 1.88. The van der Waals surface area contributed by atoms with Crippen molar-refractivity contribution in [3.8, 4) is 22.8 Å². The van der Waals surface area contributed by atoms with E-state index in [1.54, 1.807) is 14.2 Å². The Labute approximate surface area is 196 Å². The predicted octanol–water partition coefficient (Wildman–Crippen LogP) is 5.16. The van der Waals surface area contributed by atoms with Crippen LogP contribution < -0.4 is 14.8 Å². The molecule has 176 valence electrons. The van der Waals surface area contributed by atoms with Crippen LogP contribution >= 0.6 is 0 Å². The van der Waals surface area contributed by atoms with Crippen LogP contribution in [-0.2, 0) is 0 Å². The Bertz CT molecular complexity index is 1080.